The number of anilines is 1. The van der Waals surface area contributed by atoms with E-state index in [4.69, 9.17) is 11.6 Å². The molecule has 0 bridgehead atoms. The van der Waals surface area contributed by atoms with Crippen LogP contribution in [0.5, 0.6) is 0 Å². The number of aryl methyl sites for hydroxylation is 1. The summed E-state index contributed by atoms with van der Waals surface area (Å²) < 4.78 is 39.5. The van der Waals surface area contributed by atoms with Gasteiger partial charge >= 0.3 is 6.03 Å². The molecule has 2 atom stereocenters. The second kappa shape index (κ2) is 7.00. The topological polar surface area (TPSA) is 57.7 Å². The van der Waals surface area contributed by atoms with Crippen molar-refractivity contribution < 1.29 is 17.6 Å². The van der Waals surface area contributed by atoms with Gasteiger partial charge in [-0.1, -0.05) is 39.7 Å². The van der Waals surface area contributed by atoms with Gasteiger partial charge in [0, 0.05) is 20.7 Å². The molecule has 4 rings (SSSR count). The summed E-state index contributed by atoms with van der Waals surface area (Å²) in [5, 5.41) is 0.500. The van der Waals surface area contributed by atoms with Gasteiger partial charge in [0.2, 0.25) is 0 Å². The SMILES string of the molecule is Cc1ccc(N2C(=O)N(Cc3ccc(Br)cc3F)[C@@H]3CS(=O)(=O)C[C@H]32)cc1Cl. The molecular formula is C19H17BrClFN2O3S. The van der Waals surface area contributed by atoms with Gasteiger partial charge in [-0.3, -0.25) is 4.90 Å². The molecule has 0 aromatic heterocycles. The number of sulfone groups is 1. The van der Waals surface area contributed by atoms with Gasteiger partial charge in [0.05, 0.1) is 30.1 Å². The van der Waals surface area contributed by atoms with Crippen molar-refractivity contribution in [2.75, 3.05) is 16.4 Å². The van der Waals surface area contributed by atoms with Crippen molar-refractivity contribution in [3.05, 3.63) is 62.8 Å². The number of urea groups is 1. The first-order valence-electron chi connectivity index (χ1n) is 8.66. The van der Waals surface area contributed by atoms with Crippen LogP contribution in [0.4, 0.5) is 14.9 Å². The number of rotatable bonds is 3. The minimum atomic E-state index is -3.30. The first-order valence-corrected chi connectivity index (χ1v) is 11.7. The lowest BCUT2D eigenvalue weighted by atomic mass is 10.1. The number of carbonyl (C=O) groups excluding carboxylic acids is 1. The number of halogens is 3. The molecule has 2 aliphatic rings. The first kappa shape index (κ1) is 19.7. The summed E-state index contributed by atoms with van der Waals surface area (Å²) in [5.74, 6) is -0.692. The molecular weight excluding hydrogens is 471 g/mol. The molecule has 2 fully saturated rings. The third-order valence-corrected chi connectivity index (χ3v) is 7.87. The van der Waals surface area contributed by atoms with Crippen LogP contribution in [-0.2, 0) is 16.4 Å². The number of nitrogens with zero attached hydrogens (tertiary/aromatic N) is 2. The average molecular weight is 488 g/mol. The van der Waals surface area contributed by atoms with Crippen LogP contribution in [0.3, 0.4) is 0 Å². The maximum atomic E-state index is 14.3. The molecule has 0 radical (unpaired) electrons. The lowest BCUT2D eigenvalue weighted by Crippen LogP contribution is -2.37. The van der Waals surface area contributed by atoms with E-state index >= 15 is 0 Å². The summed E-state index contributed by atoms with van der Waals surface area (Å²) >= 11 is 9.43. The van der Waals surface area contributed by atoms with Gasteiger partial charge in [-0.05, 0) is 36.8 Å². The molecule has 0 N–H and O–H groups in total. The number of hydrogen-bond donors (Lipinski definition) is 0. The minimum Gasteiger partial charge on any atom is -0.314 e. The van der Waals surface area contributed by atoms with E-state index in [0.717, 1.165) is 5.56 Å². The van der Waals surface area contributed by atoms with E-state index in [2.05, 4.69) is 15.9 Å². The van der Waals surface area contributed by atoms with E-state index < -0.39 is 27.7 Å². The van der Waals surface area contributed by atoms with E-state index in [1.807, 2.05) is 6.92 Å². The quantitative estimate of drug-likeness (QED) is 0.611. The lowest BCUT2D eigenvalue weighted by molar-refractivity contribution is 0.205. The van der Waals surface area contributed by atoms with Crippen LogP contribution in [0.2, 0.25) is 5.02 Å². The van der Waals surface area contributed by atoms with Crippen molar-refractivity contribution in [3.8, 4) is 0 Å². The van der Waals surface area contributed by atoms with Crippen LogP contribution in [-0.4, -0.2) is 42.9 Å². The van der Waals surface area contributed by atoms with Crippen LogP contribution in [0, 0.1) is 12.7 Å². The zero-order valence-electron chi connectivity index (χ0n) is 14.9. The molecule has 0 unspecified atom stereocenters. The summed E-state index contributed by atoms with van der Waals surface area (Å²) in [4.78, 5) is 16.1. The molecule has 148 valence electrons. The van der Waals surface area contributed by atoms with Crippen LogP contribution in [0.15, 0.2) is 40.9 Å². The van der Waals surface area contributed by atoms with Gasteiger partial charge in [0.25, 0.3) is 0 Å². The third kappa shape index (κ3) is 3.42. The fourth-order valence-electron chi connectivity index (χ4n) is 3.83. The van der Waals surface area contributed by atoms with Gasteiger partial charge in [-0.15, -0.1) is 0 Å². The molecule has 2 amide bonds. The van der Waals surface area contributed by atoms with E-state index in [1.165, 1.54) is 15.9 Å². The standard InChI is InChI=1S/C19H17BrClFN2O3S/c1-11-2-5-14(7-15(11)21)24-18-10-28(26,27)9-17(18)23(19(24)25)8-12-3-4-13(20)6-16(12)22/h2-7,17-18H,8-10H2,1H3/t17-,18-/m1/s1. The predicted octanol–water partition coefficient (Wildman–Crippen LogP) is 4.16. The normalized spacial score (nSPS) is 23.4. The monoisotopic (exact) mass is 486 g/mol. The fraction of sp³-hybridized carbons (Fsp3) is 0.316. The second-order valence-electron chi connectivity index (χ2n) is 7.16. The number of amides is 2. The molecule has 2 aromatic rings. The summed E-state index contributed by atoms with van der Waals surface area (Å²) in [5.41, 5.74) is 1.75. The van der Waals surface area contributed by atoms with Crippen LogP contribution >= 0.6 is 27.5 Å². The highest BCUT2D eigenvalue weighted by atomic mass is 79.9. The van der Waals surface area contributed by atoms with Gasteiger partial charge in [-0.2, -0.15) is 0 Å². The lowest BCUT2D eigenvalue weighted by Gasteiger charge is -2.23. The smallest absolute Gasteiger partial charge is 0.314 e. The van der Waals surface area contributed by atoms with Crippen molar-refractivity contribution in [2.24, 2.45) is 0 Å². The van der Waals surface area contributed by atoms with E-state index in [0.29, 0.717) is 20.7 Å². The Hall–Kier alpha value is -1.64. The summed E-state index contributed by atoms with van der Waals surface area (Å²) in [6, 6.07) is 8.44. The summed E-state index contributed by atoms with van der Waals surface area (Å²) in [6.45, 7) is 1.86. The number of carbonyl (C=O) groups is 1. The fourth-order valence-corrected chi connectivity index (χ4v) is 6.29. The third-order valence-electron chi connectivity index (χ3n) is 5.27. The van der Waals surface area contributed by atoms with Gasteiger partial charge < -0.3 is 4.90 Å². The molecule has 0 saturated carbocycles. The van der Waals surface area contributed by atoms with E-state index in [1.54, 1.807) is 30.3 Å². The van der Waals surface area contributed by atoms with Crippen LogP contribution < -0.4 is 4.90 Å². The van der Waals surface area contributed by atoms with Gasteiger partial charge in [0.15, 0.2) is 9.84 Å². The highest BCUT2D eigenvalue weighted by molar-refractivity contribution is 9.10. The maximum Gasteiger partial charge on any atom is 0.325 e. The first-order chi connectivity index (χ1) is 13.2. The minimum absolute atomic E-state index is 0.00469. The Morgan fingerprint density at radius 1 is 1.18 bits per heavy atom. The van der Waals surface area contributed by atoms with E-state index in [-0.39, 0.29) is 24.1 Å². The molecule has 2 saturated heterocycles. The molecule has 2 aromatic carbocycles. The highest BCUT2D eigenvalue weighted by Gasteiger charge is 2.53. The van der Waals surface area contributed by atoms with Gasteiger partial charge in [-0.25, -0.2) is 17.6 Å². The Morgan fingerprint density at radius 3 is 2.57 bits per heavy atom. The Bertz CT molecular complexity index is 1080. The maximum absolute atomic E-state index is 14.3. The highest BCUT2D eigenvalue weighted by Crippen LogP contribution is 2.37. The van der Waals surface area contributed by atoms with E-state index in [9.17, 15) is 17.6 Å². The number of hydrogen-bond acceptors (Lipinski definition) is 3. The largest absolute Gasteiger partial charge is 0.325 e. The van der Waals surface area contributed by atoms with Crippen molar-refractivity contribution in [2.45, 2.75) is 25.6 Å². The Morgan fingerprint density at radius 2 is 1.89 bits per heavy atom. The van der Waals surface area contributed by atoms with Crippen molar-refractivity contribution in [1.82, 2.24) is 4.90 Å². The molecule has 9 heteroatoms. The second-order valence-corrected chi connectivity index (χ2v) is 10.6. The predicted molar refractivity (Wildman–Crippen MR) is 110 cm³/mol. The molecule has 2 heterocycles. The Kier molecular flexibility index (Phi) is 4.92. The molecule has 0 spiro atoms. The Balaban J connectivity index is 1.73. The summed E-state index contributed by atoms with van der Waals surface area (Å²) in [6.07, 6.45) is 0. The zero-order chi connectivity index (χ0) is 20.2. The molecule has 28 heavy (non-hydrogen) atoms. The number of fused-ring (bicyclic) bond motifs is 1. The summed E-state index contributed by atoms with van der Waals surface area (Å²) in [7, 11) is -3.30. The Labute approximate surface area is 176 Å². The van der Waals surface area contributed by atoms with Crippen molar-refractivity contribution in [3.63, 3.8) is 0 Å². The molecule has 2 aliphatic heterocycles. The van der Waals surface area contributed by atoms with Gasteiger partial charge in [0.1, 0.15) is 5.82 Å². The average Bonchev–Trinajstić information content (AvgIpc) is 3.03. The zero-order valence-corrected chi connectivity index (χ0v) is 18.1. The molecule has 5 nitrogen and oxygen atoms in total. The van der Waals surface area contributed by atoms with Crippen molar-refractivity contribution in [1.29, 1.82) is 0 Å². The van der Waals surface area contributed by atoms with Crippen LogP contribution in [0.25, 0.3) is 0 Å². The molecule has 0 aliphatic carbocycles. The van der Waals surface area contributed by atoms with Crippen molar-refractivity contribution >= 4 is 49.1 Å². The number of benzene rings is 2. The van der Waals surface area contributed by atoms with Crippen LogP contribution in [0.1, 0.15) is 11.1 Å².